The highest BCUT2D eigenvalue weighted by Crippen LogP contribution is 2.33. The minimum absolute atomic E-state index is 0.182. The lowest BCUT2D eigenvalue weighted by Crippen LogP contribution is -2.27. The van der Waals surface area contributed by atoms with Crippen molar-refractivity contribution in [2.45, 2.75) is 19.3 Å². The lowest BCUT2D eigenvalue weighted by molar-refractivity contribution is 0.475. The molecule has 3 aromatic rings. The molecule has 1 aliphatic rings. The van der Waals surface area contributed by atoms with Gasteiger partial charge in [0, 0.05) is 17.8 Å². The number of hydrogen-bond donors (Lipinski definition) is 1. The second kappa shape index (κ2) is 6.80. The number of aromatic nitrogens is 1. The van der Waals surface area contributed by atoms with Crippen LogP contribution in [0.25, 0.3) is 0 Å². The van der Waals surface area contributed by atoms with Gasteiger partial charge in [0.15, 0.2) is 0 Å². The number of para-hydroxylation sites is 2. The third kappa shape index (κ3) is 3.26. The first-order valence-electron chi connectivity index (χ1n) is 9.08. The molecule has 0 bridgehead atoms. The van der Waals surface area contributed by atoms with Crippen LogP contribution in [0.15, 0.2) is 85.2 Å². The summed E-state index contributed by atoms with van der Waals surface area (Å²) in [5.74, 6) is 1.17. The number of anilines is 2. The van der Waals surface area contributed by atoms with Crippen molar-refractivity contribution in [3.63, 3.8) is 0 Å². The fraction of sp³-hybridized carbons (Fsp3) is 0.174. The number of phenols is 1. The van der Waals surface area contributed by atoms with Crippen LogP contribution in [0, 0.1) is 0 Å². The molecule has 0 fully saturated rings. The van der Waals surface area contributed by atoms with Crippen LogP contribution in [-0.4, -0.2) is 16.8 Å². The summed E-state index contributed by atoms with van der Waals surface area (Å²) in [5, 5.41) is 10.1. The van der Waals surface area contributed by atoms with Gasteiger partial charge in [-0.05, 0) is 29.8 Å². The second-order valence-electron chi connectivity index (χ2n) is 7.24. The number of benzene rings is 2. The maximum Gasteiger partial charge on any atom is 0.139 e. The van der Waals surface area contributed by atoms with Gasteiger partial charge in [-0.1, -0.05) is 62.4 Å². The van der Waals surface area contributed by atoms with Crippen molar-refractivity contribution in [2.24, 2.45) is 0 Å². The van der Waals surface area contributed by atoms with Crippen molar-refractivity contribution in [3.05, 3.63) is 96.5 Å². The molecule has 1 aliphatic heterocycles. The van der Waals surface area contributed by atoms with Gasteiger partial charge in [0.2, 0.25) is 0 Å². The Morgan fingerprint density at radius 1 is 0.815 bits per heavy atom. The Bertz CT molecular complexity index is 966. The molecule has 0 saturated carbocycles. The zero-order chi connectivity index (χ0) is 18.9. The van der Waals surface area contributed by atoms with Crippen molar-refractivity contribution in [1.29, 1.82) is 0 Å². The van der Waals surface area contributed by atoms with Gasteiger partial charge in [0.05, 0.1) is 11.4 Å². The van der Waals surface area contributed by atoms with E-state index in [1.165, 1.54) is 5.56 Å². The predicted molar refractivity (Wildman–Crippen MR) is 110 cm³/mol. The zero-order valence-electron chi connectivity index (χ0n) is 15.6. The molecule has 4 nitrogen and oxygen atoms in total. The third-order valence-electron chi connectivity index (χ3n) is 5.09. The Hall–Kier alpha value is -3.27. The summed E-state index contributed by atoms with van der Waals surface area (Å²) in [6.07, 6.45) is 3.96. The van der Waals surface area contributed by atoms with E-state index in [2.05, 4.69) is 55.1 Å². The van der Waals surface area contributed by atoms with E-state index in [-0.39, 0.29) is 11.2 Å². The maximum absolute atomic E-state index is 10.1. The maximum atomic E-state index is 10.1. The number of phenolic OH excluding ortho intramolecular Hbond substituents is 1. The minimum Gasteiger partial charge on any atom is -0.506 e. The van der Waals surface area contributed by atoms with Crippen LogP contribution < -0.4 is 9.80 Å². The molecule has 136 valence electrons. The SMILES string of the molecule is CC(C)(c1ccccc1)c1cccc(N2C=CN(c3ccccc3O)C2)n1. The molecular weight excluding hydrogens is 334 g/mol. The van der Waals surface area contributed by atoms with E-state index in [9.17, 15) is 5.11 Å². The first kappa shape index (κ1) is 17.2. The Balaban J connectivity index is 1.59. The number of pyridine rings is 1. The zero-order valence-corrected chi connectivity index (χ0v) is 15.6. The van der Waals surface area contributed by atoms with Gasteiger partial charge in [-0.3, -0.25) is 0 Å². The fourth-order valence-electron chi connectivity index (χ4n) is 3.37. The Morgan fingerprint density at radius 2 is 1.52 bits per heavy atom. The van der Waals surface area contributed by atoms with Crippen LogP contribution in [0.4, 0.5) is 11.5 Å². The molecule has 0 spiro atoms. The van der Waals surface area contributed by atoms with Gasteiger partial charge < -0.3 is 14.9 Å². The molecule has 1 N–H and O–H groups in total. The van der Waals surface area contributed by atoms with E-state index in [1.54, 1.807) is 6.07 Å². The predicted octanol–water partition coefficient (Wildman–Crippen LogP) is 4.87. The second-order valence-corrected chi connectivity index (χ2v) is 7.24. The van der Waals surface area contributed by atoms with Crippen LogP contribution in [0.1, 0.15) is 25.1 Å². The summed E-state index contributed by atoms with van der Waals surface area (Å²) in [6, 6.07) is 24.0. The highest BCUT2D eigenvalue weighted by Gasteiger charge is 2.26. The van der Waals surface area contributed by atoms with E-state index >= 15 is 0 Å². The van der Waals surface area contributed by atoms with Gasteiger partial charge in [0.25, 0.3) is 0 Å². The summed E-state index contributed by atoms with van der Waals surface area (Å²) < 4.78 is 0. The number of nitrogens with zero attached hydrogens (tertiary/aromatic N) is 3. The highest BCUT2D eigenvalue weighted by molar-refractivity contribution is 5.63. The monoisotopic (exact) mass is 357 g/mol. The third-order valence-corrected chi connectivity index (χ3v) is 5.09. The molecule has 4 rings (SSSR count). The van der Waals surface area contributed by atoms with Gasteiger partial charge in [-0.15, -0.1) is 0 Å². The largest absolute Gasteiger partial charge is 0.506 e. The van der Waals surface area contributed by atoms with E-state index in [0.717, 1.165) is 17.2 Å². The van der Waals surface area contributed by atoms with Crippen molar-refractivity contribution in [2.75, 3.05) is 16.5 Å². The van der Waals surface area contributed by atoms with Crippen LogP contribution in [0.3, 0.4) is 0 Å². The molecule has 0 aliphatic carbocycles. The van der Waals surface area contributed by atoms with Crippen LogP contribution in [0.2, 0.25) is 0 Å². The molecule has 0 radical (unpaired) electrons. The average molecular weight is 357 g/mol. The molecule has 2 aromatic carbocycles. The molecule has 1 aromatic heterocycles. The lowest BCUT2D eigenvalue weighted by atomic mass is 9.81. The summed E-state index contributed by atoms with van der Waals surface area (Å²) in [7, 11) is 0. The molecule has 0 amide bonds. The smallest absolute Gasteiger partial charge is 0.139 e. The van der Waals surface area contributed by atoms with Crippen molar-refractivity contribution >= 4 is 11.5 Å². The van der Waals surface area contributed by atoms with Gasteiger partial charge in [-0.25, -0.2) is 4.98 Å². The number of rotatable bonds is 4. The molecule has 0 atom stereocenters. The first-order chi connectivity index (χ1) is 13.1. The normalized spacial score (nSPS) is 14.0. The van der Waals surface area contributed by atoms with E-state index in [1.807, 2.05) is 47.6 Å². The molecule has 0 saturated heterocycles. The lowest BCUT2D eigenvalue weighted by Gasteiger charge is -2.27. The molecular formula is C23H23N3O. The molecule has 0 unspecified atom stereocenters. The minimum atomic E-state index is -0.182. The standard InChI is InChI=1S/C23H23N3O/c1-23(2,18-9-4-3-5-10-18)21-13-8-14-22(24-21)26-16-15-25(17-26)19-11-6-7-12-20(19)27/h3-16,27H,17H2,1-2H3. The number of hydrogen-bond acceptors (Lipinski definition) is 4. The molecule has 27 heavy (non-hydrogen) atoms. The van der Waals surface area contributed by atoms with Crippen LogP contribution >= 0.6 is 0 Å². The summed E-state index contributed by atoms with van der Waals surface area (Å²) in [5.41, 5.74) is 2.87. The van der Waals surface area contributed by atoms with Crippen molar-refractivity contribution in [3.8, 4) is 5.75 Å². The Kier molecular flexibility index (Phi) is 4.32. The van der Waals surface area contributed by atoms with E-state index < -0.39 is 0 Å². The topological polar surface area (TPSA) is 39.6 Å². The first-order valence-corrected chi connectivity index (χ1v) is 9.08. The van der Waals surface area contributed by atoms with Gasteiger partial charge in [-0.2, -0.15) is 0 Å². The van der Waals surface area contributed by atoms with Crippen LogP contribution in [0.5, 0.6) is 5.75 Å². The van der Waals surface area contributed by atoms with E-state index in [0.29, 0.717) is 6.67 Å². The van der Waals surface area contributed by atoms with E-state index in [4.69, 9.17) is 4.98 Å². The summed E-state index contributed by atoms with van der Waals surface area (Å²) in [4.78, 5) is 9.03. The Morgan fingerprint density at radius 3 is 2.30 bits per heavy atom. The quantitative estimate of drug-likeness (QED) is 0.723. The van der Waals surface area contributed by atoms with Crippen molar-refractivity contribution < 1.29 is 5.11 Å². The molecule has 4 heteroatoms. The Labute approximate surface area is 160 Å². The fourth-order valence-corrected chi connectivity index (χ4v) is 3.37. The number of aromatic hydroxyl groups is 1. The summed E-state index contributed by atoms with van der Waals surface area (Å²) >= 11 is 0. The summed E-state index contributed by atoms with van der Waals surface area (Å²) in [6.45, 7) is 5.00. The molecule has 2 heterocycles. The van der Waals surface area contributed by atoms with Gasteiger partial charge in [0.1, 0.15) is 18.2 Å². The van der Waals surface area contributed by atoms with Crippen LogP contribution in [-0.2, 0) is 5.41 Å². The van der Waals surface area contributed by atoms with Crippen molar-refractivity contribution in [1.82, 2.24) is 4.98 Å². The van der Waals surface area contributed by atoms with Gasteiger partial charge >= 0.3 is 0 Å². The highest BCUT2D eigenvalue weighted by atomic mass is 16.3. The average Bonchev–Trinajstić information content (AvgIpc) is 3.19.